The SMILES string of the molecule is COC(=O)c1ccc(CNC(C)c2ccccc2)nc1. The smallest absolute Gasteiger partial charge is 0.339 e. The molecule has 0 radical (unpaired) electrons. The minimum atomic E-state index is -0.366. The highest BCUT2D eigenvalue weighted by Gasteiger charge is 2.07. The molecule has 1 atom stereocenters. The third kappa shape index (κ3) is 3.65. The van der Waals surface area contributed by atoms with Gasteiger partial charge < -0.3 is 10.1 Å². The molecule has 104 valence electrons. The summed E-state index contributed by atoms with van der Waals surface area (Å²) in [6.45, 7) is 2.76. The van der Waals surface area contributed by atoms with Crippen molar-refractivity contribution in [2.75, 3.05) is 7.11 Å². The summed E-state index contributed by atoms with van der Waals surface area (Å²) in [4.78, 5) is 15.5. The maximum Gasteiger partial charge on any atom is 0.339 e. The fraction of sp³-hybridized carbons (Fsp3) is 0.250. The van der Waals surface area contributed by atoms with E-state index < -0.39 is 0 Å². The monoisotopic (exact) mass is 270 g/mol. The number of hydrogen-bond acceptors (Lipinski definition) is 4. The Hall–Kier alpha value is -2.20. The van der Waals surface area contributed by atoms with Crippen molar-refractivity contribution in [1.29, 1.82) is 0 Å². The van der Waals surface area contributed by atoms with Gasteiger partial charge in [-0.25, -0.2) is 4.79 Å². The Morgan fingerprint density at radius 2 is 2.00 bits per heavy atom. The van der Waals surface area contributed by atoms with Gasteiger partial charge in [-0.15, -0.1) is 0 Å². The molecule has 4 nitrogen and oxygen atoms in total. The molecular weight excluding hydrogens is 252 g/mol. The molecule has 20 heavy (non-hydrogen) atoms. The van der Waals surface area contributed by atoms with E-state index in [0.29, 0.717) is 12.1 Å². The molecule has 0 aliphatic rings. The van der Waals surface area contributed by atoms with Gasteiger partial charge in [0.15, 0.2) is 0 Å². The molecule has 0 aliphatic heterocycles. The van der Waals surface area contributed by atoms with Gasteiger partial charge in [0.2, 0.25) is 0 Å². The minimum Gasteiger partial charge on any atom is -0.465 e. The van der Waals surface area contributed by atoms with Gasteiger partial charge in [-0.2, -0.15) is 0 Å². The highest BCUT2D eigenvalue weighted by Crippen LogP contribution is 2.12. The van der Waals surface area contributed by atoms with E-state index in [4.69, 9.17) is 0 Å². The van der Waals surface area contributed by atoms with Crippen LogP contribution in [0.2, 0.25) is 0 Å². The predicted octanol–water partition coefficient (Wildman–Crippen LogP) is 2.72. The van der Waals surface area contributed by atoms with Crippen LogP contribution in [0.3, 0.4) is 0 Å². The third-order valence-electron chi connectivity index (χ3n) is 3.13. The average Bonchev–Trinajstić information content (AvgIpc) is 2.53. The third-order valence-corrected chi connectivity index (χ3v) is 3.13. The number of methoxy groups -OCH3 is 1. The molecule has 0 saturated heterocycles. The van der Waals surface area contributed by atoms with E-state index in [9.17, 15) is 4.79 Å². The minimum absolute atomic E-state index is 0.248. The van der Waals surface area contributed by atoms with Crippen LogP contribution in [0, 0.1) is 0 Å². The van der Waals surface area contributed by atoms with Crippen molar-refractivity contribution in [1.82, 2.24) is 10.3 Å². The van der Waals surface area contributed by atoms with Crippen LogP contribution in [0.25, 0.3) is 0 Å². The van der Waals surface area contributed by atoms with E-state index >= 15 is 0 Å². The summed E-state index contributed by atoms with van der Waals surface area (Å²) < 4.78 is 4.64. The number of hydrogen-bond donors (Lipinski definition) is 1. The normalized spacial score (nSPS) is 11.9. The molecule has 1 aromatic carbocycles. The second kappa shape index (κ2) is 6.82. The molecule has 0 spiro atoms. The quantitative estimate of drug-likeness (QED) is 0.849. The largest absolute Gasteiger partial charge is 0.465 e. The van der Waals surface area contributed by atoms with E-state index in [1.54, 1.807) is 6.07 Å². The van der Waals surface area contributed by atoms with Crippen LogP contribution >= 0.6 is 0 Å². The summed E-state index contributed by atoms with van der Waals surface area (Å²) in [7, 11) is 1.36. The van der Waals surface area contributed by atoms with Crippen LogP contribution in [0.15, 0.2) is 48.7 Å². The molecule has 0 amide bonds. The van der Waals surface area contributed by atoms with Gasteiger partial charge in [-0.3, -0.25) is 4.98 Å². The van der Waals surface area contributed by atoms with E-state index in [1.165, 1.54) is 18.9 Å². The number of carbonyl (C=O) groups excluding carboxylic acids is 1. The van der Waals surface area contributed by atoms with Crippen molar-refractivity contribution in [3.8, 4) is 0 Å². The lowest BCUT2D eigenvalue weighted by atomic mass is 10.1. The molecule has 1 N–H and O–H groups in total. The average molecular weight is 270 g/mol. The fourth-order valence-electron chi connectivity index (χ4n) is 1.88. The Morgan fingerprint density at radius 3 is 2.60 bits per heavy atom. The van der Waals surface area contributed by atoms with Crippen LogP contribution in [-0.2, 0) is 11.3 Å². The summed E-state index contributed by atoms with van der Waals surface area (Å²) in [5.41, 5.74) is 2.59. The van der Waals surface area contributed by atoms with Gasteiger partial charge in [0.1, 0.15) is 0 Å². The standard InChI is InChI=1S/C16H18N2O2/c1-12(13-6-4-3-5-7-13)17-11-15-9-8-14(10-18-15)16(19)20-2/h3-10,12,17H,11H2,1-2H3. The molecule has 0 fully saturated rings. The van der Waals surface area contributed by atoms with Crippen molar-refractivity contribution in [2.24, 2.45) is 0 Å². The molecule has 1 unspecified atom stereocenters. The second-order valence-corrected chi connectivity index (χ2v) is 4.54. The number of ether oxygens (including phenoxy) is 1. The highest BCUT2D eigenvalue weighted by atomic mass is 16.5. The molecular formula is C16H18N2O2. The predicted molar refractivity (Wildman–Crippen MR) is 77.3 cm³/mol. The van der Waals surface area contributed by atoms with E-state index in [1.807, 2.05) is 24.3 Å². The van der Waals surface area contributed by atoms with Gasteiger partial charge in [0.25, 0.3) is 0 Å². The van der Waals surface area contributed by atoms with Crippen molar-refractivity contribution < 1.29 is 9.53 Å². The summed E-state index contributed by atoms with van der Waals surface area (Å²) >= 11 is 0. The fourth-order valence-corrected chi connectivity index (χ4v) is 1.88. The number of nitrogens with one attached hydrogen (secondary N) is 1. The van der Waals surface area contributed by atoms with Gasteiger partial charge in [0, 0.05) is 18.8 Å². The number of rotatable bonds is 5. The van der Waals surface area contributed by atoms with Crippen LogP contribution in [-0.4, -0.2) is 18.1 Å². The summed E-state index contributed by atoms with van der Waals surface area (Å²) in [6.07, 6.45) is 1.54. The molecule has 0 bridgehead atoms. The van der Waals surface area contributed by atoms with Crippen molar-refractivity contribution in [3.63, 3.8) is 0 Å². The van der Waals surface area contributed by atoms with Crippen LogP contribution in [0.5, 0.6) is 0 Å². The van der Waals surface area contributed by atoms with E-state index in [0.717, 1.165) is 5.69 Å². The first kappa shape index (κ1) is 14.2. The number of benzene rings is 1. The molecule has 4 heteroatoms. The van der Waals surface area contributed by atoms with Gasteiger partial charge in [-0.1, -0.05) is 30.3 Å². The number of nitrogens with zero attached hydrogens (tertiary/aromatic N) is 1. The molecule has 2 aromatic rings. The molecule has 0 aliphatic carbocycles. The first-order valence-corrected chi connectivity index (χ1v) is 6.52. The zero-order valence-corrected chi connectivity index (χ0v) is 11.7. The van der Waals surface area contributed by atoms with E-state index in [2.05, 4.69) is 34.1 Å². The Bertz CT molecular complexity index is 552. The Kier molecular flexibility index (Phi) is 4.85. The lowest BCUT2D eigenvalue weighted by Crippen LogP contribution is -2.18. The molecule has 1 aromatic heterocycles. The topological polar surface area (TPSA) is 51.2 Å². The van der Waals surface area contributed by atoms with Gasteiger partial charge in [0.05, 0.1) is 18.4 Å². The number of pyridine rings is 1. The summed E-state index contributed by atoms with van der Waals surface area (Å²) in [5.74, 6) is -0.366. The molecule has 1 heterocycles. The van der Waals surface area contributed by atoms with Gasteiger partial charge in [-0.05, 0) is 24.6 Å². The lowest BCUT2D eigenvalue weighted by molar-refractivity contribution is 0.0600. The zero-order chi connectivity index (χ0) is 14.4. The Balaban J connectivity index is 1.93. The van der Waals surface area contributed by atoms with E-state index in [-0.39, 0.29) is 12.0 Å². The first-order valence-electron chi connectivity index (χ1n) is 6.52. The zero-order valence-electron chi connectivity index (χ0n) is 11.7. The lowest BCUT2D eigenvalue weighted by Gasteiger charge is -2.13. The maximum atomic E-state index is 11.3. The highest BCUT2D eigenvalue weighted by molar-refractivity contribution is 5.88. The Labute approximate surface area is 118 Å². The molecule has 2 rings (SSSR count). The number of carbonyl (C=O) groups is 1. The number of aromatic nitrogens is 1. The van der Waals surface area contributed by atoms with Crippen LogP contribution in [0.4, 0.5) is 0 Å². The van der Waals surface area contributed by atoms with Gasteiger partial charge >= 0.3 is 5.97 Å². The van der Waals surface area contributed by atoms with Crippen molar-refractivity contribution in [3.05, 3.63) is 65.5 Å². The maximum absolute atomic E-state index is 11.3. The summed E-state index contributed by atoms with van der Waals surface area (Å²) in [6, 6.07) is 14.0. The van der Waals surface area contributed by atoms with Crippen molar-refractivity contribution in [2.45, 2.75) is 19.5 Å². The summed E-state index contributed by atoms with van der Waals surface area (Å²) in [5, 5.41) is 3.40. The second-order valence-electron chi connectivity index (χ2n) is 4.54. The first-order chi connectivity index (χ1) is 9.70. The van der Waals surface area contributed by atoms with Crippen molar-refractivity contribution >= 4 is 5.97 Å². The number of esters is 1. The molecule has 0 saturated carbocycles. The van der Waals surface area contributed by atoms with Crippen LogP contribution < -0.4 is 5.32 Å². The Morgan fingerprint density at radius 1 is 1.25 bits per heavy atom. The van der Waals surface area contributed by atoms with Crippen LogP contribution in [0.1, 0.15) is 34.6 Å².